The summed E-state index contributed by atoms with van der Waals surface area (Å²) >= 11 is 0. The summed E-state index contributed by atoms with van der Waals surface area (Å²) < 4.78 is 23.7. The lowest BCUT2D eigenvalue weighted by Crippen LogP contribution is -2.57. The maximum atomic E-state index is 13.5. The highest BCUT2D eigenvalue weighted by Crippen LogP contribution is 2.21. The Morgan fingerprint density at radius 1 is 1.48 bits per heavy atom. The van der Waals surface area contributed by atoms with E-state index in [9.17, 15) is 19.1 Å². The first-order chi connectivity index (χ1) is 9.94. The van der Waals surface area contributed by atoms with Gasteiger partial charge in [-0.05, 0) is 19.1 Å². The SMILES string of the molecule is CC(Oc1ccccc1F)C(=O)NC1(C(=O)O)CCOC1. The van der Waals surface area contributed by atoms with Gasteiger partial charge in [0.15, 0.2) is 23.2 Å². The summed E-state index contributed by atoms with van der Waals surface area (Å²) in [5.41, 5.74) is -1.44. The summed E-state index contributed by atoms with van der Waals surface area (Å²) in [6, 6.07) is 5.68. The summed E-state index contributed by atoms with van der Waals surface area (Å²) in [6.45, 7) is 1.59. The number of halogens is 1. The van der Waals surface area contributed by atoms with E-state index in [1.54, 1.807) is 6.07 Å². The van der Waals surface area contributed by atoms with Crippen LogP contribution in [0.1, 0.15) is 13.3 Å². The molecule has 2 unspecified atom stereocenters. The van der Waals surface area contributed by atoms with Gasteiger partial charge in [-0.2, -0.15) is 0 Å². The Morgan fingerprint density at radius 3 is 2.76 bits per heavy atom. The van der Waals surface area contributed by atoms with Gasteiger partial charge in [0, 0.05) is 13.0 Å². The maximum Gasteiger partial charge on any atom is 0.331 e. The van der Waals surface area contributed by atoms with E-state index in [2.05, 4.69) is 5.32 Å². The van der Waals surface area contributed by atoms with Crippen molar-refractivity contribution in [3.63, 3.8) is 0 Å². The molecule has 21 heavy (non-hydrogen) atoms. The Bertz CT molecular complexity index is 542. The molecule has 0 bridgehead atoms. The van der Waals surface area contributed by atoms with Crippen molar-refractivity contribution in [3.8, 4) is 5.75 Å². The predicted molar refractivity (Wildman–Crippen MR) is 70.4 cm³/mol. The van der Waals surface area contributed by atoms with Crippen LogP contribution in [0.3, 0.4) is 0 Å². The zero-order valence-electron chi connectivity index (χ0n) is 11.5. The Morgan fingerprint density at radius 2 is 2.19 bits per heavy atom. The molecule has 0 aliphatic carbocycles. The van der Waals surface area contributed by atoms with Crippen molar-refractivity contribution < 1.29 is 28.6 Å². The maximum absolute atomic E-state index is 13.5. The van der Waals surface area contributed by atoms with Crippen LogP contribution in [-0.4, -0.2) is 41.8 Å². The number of carbonyl (C=O) groups is 2. The molecule has 6 nitrogen and oxygen atoms in total. The third-order valence-corrected chi connectivity index (χ3v) is 3.30. The lowest BCUT2D eigenvalue weighted by Gasteiger charge is -2.25. The van der Waals surface area contributed by atoms with Crippen molar-refractivity contribution >= 4 is 11.9 Å². The van der Waals surface area contributed by atoms with E-state index in [1.165, 1.54) is 25.1 Å². The highest BCUT2D eigenvalue weighted by molar-refractivity contribution is 5.89. The van der Waals surface area contributed by atoms with Crippen LogP contribution in [0, 0.1) is 5.82 Å². The highest BCUT2D eigenvalue weighted by atomic mass is 19.1. The number of carboxylic acids is 1. The molecule has 1 aromatic carbocycles. The Hall–Kier alpha value is -2.15. The number of rotatable bonds is 5. The first-order valence-electron chi connectivity index (χ1n) is 6.49. The zero-order chi connectivity index (χ0) is 15.5. The molecule has 1 aromatic rings. The number of carboxylic acid groups (broad SMARTS) is 1. The molecule has 114 valence electrons. The summed E-state index contributed by atoms with van der Waals surface area (Å²) in [7, 11) is 0. The number of ether oxygens (including phenoxy) is 2. The molecule has 2 rings (SSSR count). The normalized spacial score (nSPS) is 22.6. The number of nitrogens with one attached hydrogen (secondary N) is 1. The van der Waals surface area contributed by atoms with Crippen LogP contribution in [0.5, 0.6) is 5.75 Å². The van der Waals surface area contributed by atoms with Crippen LogP contribution in [0.2, 0.25) is 0 Å². The van der Waals surface area contributed by atoms with Crippen LogP contribution >= 0.6 is 0 Å². The lowest BCUT2D eigenvalue weighted by molar-refractivity contribution is -0.148. The fraction of sp³-hybridized carbons (Fsp3) is 0.429. The van der Waals surface area contributed by atoms with Crippen LogP contribution in [-0.2, 0) is 14.3 Å². The number of aliphatic carboxylic acids is 1. The second kappa shape index (κ2) is 6.09. The Labute approximate surface area is 120 Å². The number of carbonyl (C=O) groups excluding carboxylic acids is 1. The van der Waals surface area contributed by atoms with Crippen LogP contribution in [0.4, 0.5) is 4.39 Å². The number of amides is 1. The van der Waals surface area contributed by atoms with E-state index in [0.29, 0.717) is 0 Å². The largest absolute Gasteiger partial charge is 0.479 e. The van der Waals surface area contributed by atoms with Gasteiger partial charge in [-0.15, -0.1) is 0 Å². The number of benzene rings is 1. The average Bonchev–Trinajstić information content (AvgIpc) is 2.91. The minimum Gasteiger partial charge on any atom is -0.479 e. The lowest BCUT2D eigenvalue weighted by atomic mass is 9.98. The third kappa shape index (κ3) is 3.30. The Balaban J connectivity index is 2.03. The molecule has 7 heteroatoms. The van der Waals surface area contributed by atoms with E-state index in [0.717, 1.165) is 0 Å². The van der Waals surface area contributed by atoms with E-state index in [1.807, 2.05) is 0 Å². The first-order valence-corrected chi connectivity index (χ1v) is 6.49. The second-order valence-electron chi connectivity index (χ2n) is 4.87. The van der Waals surface area contributed by atoms with E-state index < -0.39 is 29.3 Å². The highest BCUT2D eigenvalue weighted by Gasteiger charge is 2.44. The fourth-order valence-electron chi connectivity index (χ4n) is 2.01. The average molecular weight is 297 g/mol. The van der Waals surface area contributed by atoms with Crippen molar-refractivity contribution in [1.29, 1.82) is 0 Å². The van der Waals surface area contributed by atoms with Crippen LogP contribution < -0.4 is 10.1 Å². The van der Waals surface area contributed by atoms with Gasteiger partial charge in [-0.25, -0.2) is 9.18 Å². The van der Waals surface area contributed by atoms with Crippen molar-refractivity contribution in [1.82, 2.24) is 5.32 Å². The van der Waals surface area contributed by atoms with Crippen molar-refractivity contribution in [2.45, 2.75) is 25.0 Å². The molecular formula is C14H16FNO5. The third-order valence-electron chi connectivity index (χ3n) is 3.30. The van der Waals surface area contributed by atoms with E-state index >= 15 is 0 Å². The van der Waals surface area contributed by atoms with Gasteiger partial charge in [0.25, 0.3) is 5.91 Å². The molecule has 1 heterocycles. The molecule has 0 radical (unpaired) electrons. The number of hydrogen-bond acceptors (Lipinski definition) is 4. The first kappa shape index (κ1) is 15.2. The topological polar surface area (TPSA) is 84.9 Å². The minimum atomic E-state index is -1.44. The molecule has 2 N–H and O–H groups in total. The molecule has 0 saturated carbocycles. The molecule has 0 spiro atoms. The Kier molecular flexibility index (Phi) is 4.42. The van der Waals surface area contributed by atoms with Gasteiger partial charge < -0.3 is 19.9 Å². The number of para-hydroxylation sites is 1. The van der Waals surface area contributed by atoms with Crippen molar-refractivity contribution in [3.05, 3.63) is 30.1 Å². The van der Waals surface area contributed by atoms with Gasteiger partial charge in [0.05, 0.1) is 6.61 Å². The molecule has 0 aromatic heterocycles. The summed E-state index contributed by atoms with van der Waals surface area (Å²) in [5.74, 6) is -2.45. The molecule has 1 aliphatic rings. The van der Waals surface area contributed by atoms with Gasteiger partial charge in [0.2, 0.25) is 0 Å². The van der Waals surface area contributed by atoms with Gasteiger partial charge >= 0.3 is 5.97 Å². The predicted octanol–water partition coefficient (Wildman–Crippen LogP) is 0.953. The van der Waals surface area contributed by atoms with Gasteiger partial charge in [-0.1, -0.05) is 12.1 Å². The zero-order valence-corrected chi connectivity index (χ0v) is 11.5. The second-order valence-corrected chi connectivity index (χ2v) is 4.87. The quantitative estimate of drug-likeness (QED) is 0.845. The summed E-state index contributed by atoms with van der Waals surface area (Å²) in [5, 5.41) is 11.7. The summed E-state index contributed by atoms with van der Waals surface area (Å²) in [4.78, 5) is 23.3. The van der Waals surface area contributed by atoms with Gasteiger partial charge in [-0.3, -0.25) is 4.79 Å². The number of hydrogen-bond donors (Lipinski definition) is 2. The molecule has 1 fully saturated rings. The molecular weight excluding hydrogens is 281 g/mol. The van der Waals surface area contributed by atoms with Crippen LogP contribution in [0.25, 0.3) is 0 Å². The van der Waals surface area contributed by atoms with Crippen LogP contribution in [0.15, 0.2) is 24.3 Å². The molecule has 1 aliphatic heterocycles. The van der Waals surface area contributed by atoms with E-state index in [-0.39, 0.29) is 25.4 Å². The molecule has 1 saturated heterocycles. The van der Waals surface area contributed by atoms with Gasteiger partial charge in [0.1, 0.15) is 0 Å². The van der Waals surface area contributed by atoms with E-state index in [4.69, 9.17) is 9.47 Å². The summed E-state index contributed by atoms with van der Waals surface area (Å²) in [6.07, 6.45) is -0.848. The smallest absolute Gasteiger partial charge is 0.331 e. The monoisotopic (exact) mass is 297 g/mol. The molecule has 1 amide bonds. The molecule has 2 atom stereocenters. The standard InChI is InChI=1S/C14H16FNO5/c1-9(21-11-5-3-2-4-10(11)15)12(17)16-14(13(18)19)6-7-20-8-14/h2-5,9H,6-8H2,1H3,(H,16,17)(H,18,19). The minimum absolute atomic E-state index is 0.0628. The van der Waals surface area contributed by atoms with Crippen molar-refractivity contribution in [2.75, 3.05) is 13.2 Å². The van der Waals surface area contributed by atoms with Crippen molar-refractivity contribution in [2.24, 2.45) is 0 Å². The fourth-order valence-corrected chi connectivity index (χ4v) is 2.01.